The van der Waals surface area contributed by atoms with E-state index >= 15 is 0 Å². The molecule has 11 atom stereocenters. The molecule has 2 aliphatic heterocycles. The van der Waals surface area contributed by atoms with Gasteiger partial charge in [-0.15, -0.1) is 0 Å². The molecule has 0 unspecified atom stereocenters. The van der Waals surface area contributed by atoms with Gasteiger partial charge in [0.05, 0.1) is 25.7 Å². The van der Waals surface area contributed by atoms with Gasteiger partial charge >= 0.3 is 17.9 Å². The second-order valence-corrected chi connectivity index (χ2v) is 18.7. The molecule has 4 aliphatic carbocycles. The molecule has 0 amide bonds. The third-order valence-corrected chi connectivity index (χ3v) is 16.0. The summed E-state index contributed by atoms with van der Waals surface area (Å²) in [6, 6.07) is 0. The van der Waals surface area contributed by atoms with Crippen LogP contribution in [0.2, 0.25) is 0 Å². The van der Waals surface area contributed by atoms with Crippen LogP contribution in [0.4, 0.5) is 0 Å². The standard InChI is InChI=1S/C41H66N2O7/c1-26(2)27(3)37(5)16-17-39(7)29-12-13-32-38(6)24-48-25-41(32,30(29)14-15-40(39,8)34(37)36(46)47)22-31(49-28(4)44)35(38)50-33(45)23-42-18-21-43-19-10-9-11-20-43/h14,26-27,29,31-32,34-35,42H,9-13,15-25H2,1-8H3,(H,46,47)/t27-,29+,31-,32+,34-,35+,37-,38-,39-,40+,41+/m1/s1. The van der Waals surface area contributed by atoms with Gasteiger partial charge in [-0.2, -0.15) is 0 Å². The van der Waals surface area contributed by atoms with Crippen molar-refractivity contribution in [3.8, 4) is 0 Å². The van der Waals surface area contributed by atoms with Gasteiger partial charge in [0.1, 0.15) is 12.2 Å². The van der Waals surface area contributed by atoms with Crippen LogP contribution in [0.25, 0.3) is 0 Å². The number of carboxylic acids is 1. The average Bonchev–Trinajstić information content (AvgIpc) is 3.05. The highest BCUT2D eigenvalue weighted by molar-refractivity contribution is 5.73. The van der Waals surface area contributed by atoms with E-state index < -0.39 is 34.9 Å². The number of hydrogen-bond acceptors (Lipinski definition) is 8. The highest BCUT2D eigenvalue weighted by Crippen LogP contribution is 2.75. The molecule has 0 aromatic carbocycles. The first-order valence-corrected chi connectivity index (χ1v) is 19.8. The molecule has 0 aromatic rings. The molecular formula is C41H66N2O7. The van der Waals surface area contributed by atoms with Gasteiger partial charge in [-0.05, 0) is 104 Å². The Hall–Kier alpha value is -1.97. The fourth-order valence-electron chi connectivity index (χ4n) is 12.9. The Kier molecular flexibility index (Phi) is 10.4. The Morgan fingerprint density at radius 3 is 2.38 bits per heavy atom. The number of rotatable bonds is 10. The maximum Gasteiger partial charge on any atom is 0.320 e. The summed E-state index contributed by atoms with van der Waals surface area (Å²) >= 11 is 0. The number of piperidine rings is 1. The van der Waals surface area contributed by atoms with Crippen molar-refractivity contribution in [2.75, 3.05) is 45.9 Å². The van der Waals surface area contributed by atoms with Gasteiger partial charge in [-0.25, -0.2) is 0 Å². The molecule has 5 fully saturated rings. The number of carboxylic acid groups (broad SMARTS) is 1. The van der Waals surface area contributed by atoms with Crippen molar-refractivity contribution in [1.82, 2.24) is 10.2 Å². The van der Waals surface area contributed by atoms with E-state index in [1.807, 2.05) is 0 Å². The minimum absolute atomic E-state index is 0.118. The molecule has 0 spiro atoms. The van der Waals surface area contributed by atoms with Gasteiger partial charge in [-0.1, -0.05) is 66.5 Å². The molecule has 2 saturated heterocycles. The molecule has 50 heavy (non-hydrogen) atoms. The minimum atomic E-state index is -0.663. The number of ether oxygens (including phenoxy) is 3. The second kappa shape index (κ2) is 13.8. The number of fused-ring (bicyclic) bond motifs is 3. The number of allylic oxidation sites excluding steroid dienone is 1. The summed E-state index contributed by atoms with van der Waals surface area (Å²) in [5, 5.41) is 14.3. The fourth-order valence-corrected chi connectivity index (χ4v) is 12.9. The molecule has 9 nitrogen and oxygen atoms in total. The largest absolute Gasteiger partial charge is 0.481 e. The van der Waals surface area contributed by atoms with E-state index in [4.69, 9.17) is 14.2 Å². The molecule has 6 rings (SSSR count). The first-order chi connectivity index (χ1) is 23.5. The normalized spacial score (nSPS) is 43.5. The van der Waals surface area contributed by atoms with Crippen molar-refractivity contribution in [3.05, 3.63) is 11.6 Å². The van der Waals surface area contributed by atoms with E-state index in [1.54, 1.807) is 0 Å². The Labute approximate surface area is 301 Å². The van der Waals surface area contributed by atoms with Crippen LogP contribution in [0.1, 0.15) is 113 Å². The number of nitrogens with one attached hydrogen (secondary N) is 1. The molecule has 2 heterocycles. The summed E-state index contributed by atoms with van der Waals surface area (Å²) in [4.78, 5) is 41.9. The number of carbonyl (C=O) groups excluding carboxylic acids is 2. The van der Waals surface area contributed by atoms with Crippen molar-refractivity contribution >= 4 is 17.9 Å². The Bertz CT molecular complexity index is 1340. The SMILES string of the molecule is CC(=O)O[C@@H]1C[C@@]23COC[C@](C)([C@@H]2CC[C@H]2C3=CC[C@@]3(C)[C@H](C(=O)O)[C@@](C)([C@H](C)C(C)C)CC[C@]23C)[C@H]1OC(=O)CNCCN1CCCCC1. The summed E-state index contributed by atoms with van der Waals surface area (Å²) in [7, 11) is 0. The van der Waals surface area contributed by atoms with Gasteiger partial charge in [-0.3, -0.25) is 14.4 Å². The molecule has 282 valence electrons. The van der Waals surface area contributed by atoms with Crippen LogP contribution in [0.5, 0.6) is 0 Å². The van der Waals surface area contributed by atoms with Crippen molar-refractivity contribution in [2.24, 2.45) is 56.7 Å². The lowest BCUT2D eigenvalue weighted by Gasteiger charge is -2.71. The Morgan fingerprint density at radius 1 is 1.00 bits per heavy atom. The maximum atomic E-state index is 13.4. The molecule has 2 N–H and O–H groups in total. The highest BCUT2D eigenvalue weighted by atomic mass is 16.6. The smallest absolute Gasteiger partial charge is 0.320 e. The van der Waals surface area contributed by atoms with Crippen LogP contribution >= 0.6 is 0 Å². The second-order valence-electron chi connectivity index (χ2n) is 18.7. The summed E-state index contributed by atoms with van der Waals surface area (Å²) in [5.74, 6) is -0.717. The van der Waals surface area contributed by atoms with Crippen LogP contribution in [-0.2, 0) is 28.6 Å². The van der Waals surface area contributed by atoms with Gasteiger partial charge in [0.15, 0.2) is 0 Å². The fraction of sp³-hybridized carbons (Fsp3) is 0.878. The zero-order valence-electron chi connectivity index (χ0n) is 32.3. The number of nitrogens with zero attached hydrogens (tertiary/aromatic N) is 1. The van der Waals surface area contributed by atoms with E-state index in [2.05, 4.69) is 64.8 Å². The monoisotopic (exact) mass is 698 g/mol. The van der Waals surface area contributed by atoms with E-state index in [0.717, 1.165) is 51.9 Å². The number of likely N-dealkylation sites (tertiary alicyclic amines) is 1. The van der Waals surface area contributed by atoms with E-state index in [9.17, 15) is 19.5 Å². The first-order valence-electron chi connectivity index (χ1n) is 19.8. The van der Waals surface area contributed by atoms with Crippen LogP contribution in [0.3, 0.4) is 0 Å². The summed E-state index contributed by atoms with van der Waals surface area (Å²) in [6.07, 6.45) is 10.0. The predicted molar refractivity (Wildman–Crippen MR) is 192 cm³/mol. The lowest BCUT2D eigenvalue weighted by atomic mass is 9.34. The van der Waals surface area contributed by atoms with Crippen molar-refractivity contribution in [1.29, 1.82) is 0 Å². The Balaban J connectivity index is 1.28. The first kappa shape index (κ1) is 37.8. The number of carbonyl (C=O) groups is 3. The van der Waals surface area contributed by atoms with Gasteiger partial charge < -0.3 is 29.5 Å². The zero-order chi connectivity index (χ0) is 36.3. The minimum Gasteiger partial charge on any atom is -0.481 e. The molecule has 0 radical (unpaired) electrons. The molecule has 6 aliphatic rings. The highest BCUT2D eigenvalue weighted by Gasteiger charge is 2.72. The predicted octanol–water partition coefficient (Wildman–Crippen LogP) is 6.49. The number of hydrogen-bond donors (Lipinski definition) is 2. The van der Waals surface area contributed by atoms with E-state index in [1.165, 1.54) is 31.8 Å². The lowest BCUT2D eigenvalue weighted by Crippen LogP contribution is -2.70. The summed E-state index contributed by atoms with van der Waals surface area (Å²) in [5.41, 5.74) is -0.425. The van der Waals surface area contributed by atoms with Gasteiger partial charge in [0.25, 0.3) is 0 Å². The Morgan fingerprint density at radius 2 is 1.72 bits per heavy atom. The molecular weight excluding hydrogens is 632 g/mol. The van der Waals surface area contributed by atoms with E-state index in [-0.39, 0.29) is 52.5 Å². The van der Waals surface area contributed by atoms with Crippen molar-refractivity contribution in [3.63, 3.8) is 0 Å². The van der Waals surface area contributed by atoms with Crippen molar-refractivity contribution in [2.45, 2.75) is 125 Å². The zero-order valence-corrected chi connectivity index (χ0v) is 32.3. The number of aliphatic carboxylic acids is 1. The van der Waals surface area contributed by atoms with Crippen LogP contribution in [-0.4, -0.2) is 86.1 Å². The summed E-state index contributed by atoms with van der Waals surface area (Å²) < 4.78 is 19.0. The maximum absolute atomic E-state index is 13.4. The molecule has 0 aromatic heterocycles. The topological polar surface area (TPSA) is 114 Å². The quantitative estimate of drug-likeness (QED) is 0.150. The third kappa shape index (κ3) is 5.97. The van der Waals surface area contributed by atoms with E-state index in [0.29, 0.717) is 32.0 Å². The van der Waals surface area contributed by atoms with Gasteiger partial charge in [0, 0.05) is 30.8 Å². The van der Waals surface area contributed by atoms with Crippen LogP contribution in [0.15, 0.2) is 11.6 Å². The molecule has 9 heteroatoms. The van der Waals surface area contributed by atoms with Crippen LogP contribution in [0, 0.1) is 56.7 Å². The van der Waals surface area contributed by atoms with Crippen molar-refractivity contribution < 1.29 is 33.7 Å². The number of esters is 2. The summed E-state index contributed by atoms with van der Waals surface area (Å²) in [6.45, 7) is 22.2. The molecule has 3 saturated carbocycles. The average molecular weight is 699 g/mol. The van der Waals surface area contributed by atoms with Crippen LogP contribution < -0.4 is 5.32 Å². The lowest BCUT2D eigenvalue weighted by molar-refractivity contribution is -0.262. The molecule has 2 bridgehead atoms. The third-order valence-electron chi connectivity index (χ3n) is 16.0. The van der Waals surface area contributed by atoms with Gasteiger partial charge in [0.2, 0.25) is 0 Å².